The average Bonchev–Trinajstić information content (AvgIpc) is 3.16. The first-order valence-electron chi connectivity index (χ1n) is 8.78. The quantitative estimate of drug-likeness (QED) is 0.668. The minimum atomic E-state index is -3.56. The molecule has 0 spiro atoms. The minimum Gasteiger partial charge on any atom is -0.455 e. The number of carbonyl (C=O) groups is 2. The second-order valence-corrected chi connectivity index (χ2v) is 8.41. The Balaban J connectivity index is 1.67. The lowest BCUT2D eigenvalue weighted by molar-refractivity contribution is -0.116. The van der Waals surface area contributed by atoms with E-state index in [-0.39, 0.29) is 28.1 Å². The molecule has 7 nitrogen and oxygen atoms in total. The molecular weight excluding hydrogens is 392 g/mol. The Labute approximate surface area is 168 Å². The average molecular weight is 412 g/mol. The molecular formula is C21H20N2O5S. The lowest BCUT2D eigenvalue weighted by Gasteiger charge is -2.15. The van der Waals surface area contributed by atoms with Crippen LogP contribution in [0.4, 0.5) is 11.4 Å². The summed E-state index contributed by atoms with van der Waals surface area (Å²) in [7, 11) is -1.91. The Morgan fingerprint density at radius 3 is 2.24 bits per heavy atom. The fraction of sp³-hybridized carbons (Fsp3) is 0.143. The number of benzene rings is 2. The second-order valence-electron chi connectivity index (χ2n) is 6.42. The maximum Gasteiger partial charge on any atom is 0.291 e. The predicted molar refractivity (Wildman–Crippen MR) is 110 cm³/mol. The van der Waals surface area contributed by atoms with Crippen molar-refractivity contribution in [2.24, 2.45) is 0 Å². The summed E-state index contributed by atoms with van der Waals surface area (Å²) < 4.78 is 30.3. The fourth-order valence-electron chi connectivity index (χ4n) is 2.62. The van der Waals surface area contributed by atoms with E-state index in [0.29, 0.717) is 11.4 Å². The molecule has 0 unspecified atom stereocenters. The van der Waals surface area contributed by atoms with Crippen molar-refractivity contribution >= 4 is 33.0 Å². The summed E-state index contributed by atoms with van der Waals surface area (Å²) in [6.07, 6.45) is 0. The number of carbonyl (C=O) groups excluding carboxylic acids is 2. The van der Waals surface area contributed by atoms with Gasteiger partial charge in [-0.3, -0.25) is 9.59 Å². The highest BCUT2D eigenvalue weighted by Gasteiger charge is 2.19. The number of hydrogen-bond donors (Lipinski definition) is 1. The molecule has 1 N–H and O–H groups in total. The zero-order valence-electron chi connectivity index (χ0n) is 16.0. The number of anilines is 2. The summed E-state index contributed by atoms with van der Waals surface area (Å²) in [5.74, 6) is -0.752. The summed E-state index contributed by atoms with van der Waals surface area (Å²) >= 11 is 0. The lowest BCUT2D eigenvalue weighted by atomic mass is 10.2. The first-order chi connectivity index (χ1) is 13.8. The number of rotatable bonds is 6. The molecule has 0 saturated carbocycles. The molecule has 3 aromatic rings. The molecule has 1 heterocycles. The predicted octanol–water partition coefficient (Wildman–Crippen LogP) is 3.49. The second kappa shape index (κ2) is 8.32. The van der Waals surface area contributed by atoms with Crippen molar-refractivity contribution in [3.8, 4) is 0 Å². The summed E-state index contributed by atoms with van der Waals surface area (Å²) in [5.41, 5.74) is 1.22. The van der Waals surface area contributed by atoms with Crippen LogP contribution in [0.5, 0.6) is 0 Å². The third-order valence-electron chi connectivity index (χ3n) is 4.30. The smallest absolute Gasteiger partial charge is 0.291 e. The molecule has 8 heteroatoms. The number of hydrogen-bond acceptors (Lipinski definition) is 5. The molecule has 3 rings (SSSR count). The Kier molecular flexibility index (Phi) is 5.84. The summed E-state index contributed by atoms with van der Waals surface area (Å²) in [5, 5.41) is 2.68. The first kappa shape index (κ1) is 20.3. The minimum absolute atomic E-state index is 0.00759. The Bertz CT molecular complexity index is 1120. The van der Waals surface area contributed by atoms with Gasteiger partial charge in [-0.25, -0.2) is 8.42 Å². The van der Waals surface area contributed by atoms with Crippen molar-refractivity contribution < 1.29 is 22.4 Å². The van der Waals surface area contributed by atoms with Gasteiger partial charge in [0.1, 0.15) is 11.5 Å². The Hall–Kier alpha value is -3.39. The Morgan fingerprint density at radius 1 is 0.966 bits per heavy atom. The van der Waals surface area contributed by atoms with Crippen LogP contribution < -0.4 is 10.2 Å². The lowest BCUT2D eigenvalue weighted by Crippen LogP contribution is -2.22. The molecule has 0 aliphatic rings. The van der Waals surface area contributed by atoms with Crippen LogP contribution in [0.15, 0.2) is 76.0 Å². The largest absolute Gasteiger partial charge is 0.455 e. The van der Waals surface area contributed by atoms with Crippen LogP contribution >= 0.6 is 0 Å². The molecule has 1 aromatic heterocycles. The van der Waals surface area contributed by atoms with Crippen molar-refractivity contribution in [2.45, 2.75) is 17.6 Å². The zero-order valence-corrected chi connectivity index (χ0v) is 16.8. The SMILES string of the molecule is CC(=O)N(C)c1ccc(NC(=O)c2ccc(CS(=O)(=O)c3ccccc3)o2)cc1. The summed E-state index contributed by atoms with van der Waals surface area (Å²) in [6.45, 7) is 1.46. The molecule has 0 atom stereocenters. The van der Waals surface area contributed by atoms with Crippen LogP contribution in [0.2, 0.25) is 0 Å². The summed E-state index contributed by atoms with van der Waals surface area (Å²) in [4.78, 5) is 25.4. The van der Waals surface area contributed by atoms with Gasteiger partial charge in [-0.15, -0.1) is 0 Å². The summed E-state index contributed by atoms with van der Waals surface area (Å²) in [6, 6.07) is 17.7. The van der Waals surface area contributed by atoms with Gasteiger partial charge < -0.3 is 14.6 Å². The maximum atomic E-state index is 12.4. The van der Waals surface area contributed by atoms with Gasteiger partial charge in [0.05, 0.1) is 4.90 Å². The van der Waals surface area contributed by atoms with E-state index >= 15 is 0 Å². The van der Waals surface area contributed by atoms with Crippen LogP contribution in [0, 0.1) is 0 Å². The number of nitrogens with one attached hydrogen (secondary N) is 1. The van der Waals surface area contributed by atoms with Gasteiger partial charge >= 0.3 is 0 Å². The van der Waals surface area contributed by atoms with E-state index in [2.05, 4.69) is 5.32 Å². The van der Waals surface area contributed by atoms with E-state index in [0.717, 1.165) is 0 Å². The molecule has 2 amide bonds. The van der Waals surface area contributed by atoms with Gasteiger partial charge in [0.2, 0.25) is 5.91 Å². The van der Waals surface area contributed by atoms with Crippen LogP contribution in [0.25, 0.3) is 0 Å². The van der Waals surface area contributed by atoms with Crippen molar-refractivity contribution in [3.63, 3.8) is 0 Å². The van der Waals surface area contributed by atoms with Gasteiger partial charge in [0.25, 0.3) is 5.91 Å². The monoisotopic (exact) mass is 412 g/mol. The van der Waals surface area contributed by atoms with Crippen molar-refractivity contribution in [1.82, 2.24) is 0 Å². The number of furan rings is 1. The molecule has 0 fully saturated rings. The van der Waals surface area contributed by atoms with Crippen LogP contribution in [0.1, 0.15) is 23.2 Å². The molecule has 0 radical (unpaired) electrons. The number of nitrogens with zero attached hydrogens (tertiary/aromatic N) is 1. The van der Waals surface area contributed by atoms with Crippen LogP contribution in [0.3, 0.4) is 0 Å². The highest BCUT2D eigenvalue weighted by atomic mass is 32.2. The van der Waals surface area contributed by atoms with E-state index in [1.165, 1.54) is 36.1 Å². The molecule has 29 heavy (non-hydrogen) atoms. The Morgan fingerprint density at radius 2 is 1.62 bits per heavy atom. The van der Waals surface area contributed by atoms with E-state index < -0.39 is 15.7 Å². The van der Waals surface area contributed by atoms with Gasteiger partial charge in [-0.2, -0.15) is 0 Å². The van der Waals surface area contributed by atoms with Crippen LogP contribution in [-0.2, 0) is 20.4 Å². The highest BCUT2D eigenvalue weighted by Crippen LogP contribution is 2.20. The standard InChI is InChI=1S/C21H20N2O5S/c1-15(24)23(2)17-10-8-16(9-11-17)22-21(25)20-13-12-18(28-20)14-29(26,27)19-6-4-3-5-7-19/h3-13H,14H2,1-2H3,(H,22,25). The zero-order chi connectivity index (χ0) is 21.0. The van der Waals surface area contributed by atoms with Crippen molar-refractivity contribution in [2.75, 3.05) is 17.3 Å². The normalized spacial score (nSPS) is 11.1. The number of amides is 2. The number of sulfone groups is 1. The van der Waals surface area contributed by atoms with Gasteiger partial charge in [-0.05, 0) is 48.5 Å². The molecule has 0 saturated heterocycles. The topological polar surface area (TPSA) is 96.7 Å². The molecule has 0 bridgehead atoms. The first-order valence-corrected chi connectivity index (χ1v) is 10.4. The van der Waals surface area contributed by atoms with Gasteiger partial charge in [0.15, 0.2) is 15.6 Å². The fourth-order valence-corrected chi connectivity index (χ4v) is 3.89. The van der Waals surface area contributed by atoms with E-state index in [9.17, 15) is 18.0 Å². The maximum absolute atomic E-state index is 12.4. The van der Waals surface area contributed by atoms with E-state index in [4.69, 9.17) is 4.42 Å². The van der Waals surface area contributed by atoms with Gasteiger partial charge in [-0.1, -0.05) is 18.2 Å². The van der Waals surface area contributed by atoms with E-state index in [1.807, 2.05) is 0 Å². The van der Waals surface area contributed by atoms with Crippen LogP contribution in [-0.4, -0.2) is 27.3 Å². The van der Waals surface area contributed by atoms with Crippen molar-refractivity contribution in [1.29, 1.82) is 0 Å². The third-order valence-corrected chi connectivity index (χ3v) is 5.96. The highest BCUT2D eigenvalue weighted by molar-refractivity contribution is 7.90. The van der Waals surface area contributed by atoms with Crippen molar-refractivity contribution in [3.05, 3.63) is 78.3 Å². The molecule has 0 aliphatic carbocycles. The third kappa shape index (κ3) is 4.91. The van der Waals surface area contributed by atoms with E-state index in [1.54, 1.807) is 49.5 Å². The molecule has 150 valence electrons. The molecule has 0 aliphatic heterocycles. The van der Waals surface area contributed by atoms with Gasteiger partial charge in [0, 0.05) is 25.3 Å². The molecule has 2 aromatic carbocycles.